The summed E-state index contributed by atoms with van der Waals surface area (Å²) in [5, 5.41) is 10.3. The van der Waals surface area contributed by atoms with Gasteiger partial charge in [0.15, 0.2) is 0 Å². The molecule has 0 unspecified atom stereocenters. The van der Waals surface area contributed by atoms with E-state index < -0.39 is 0 Å². The lowest BCUT2D eigenvalue weighted by molar-refractivity contribution is 0.481. The zero-order valence-electron chi connectivity index (χ0n) is 7.07. The van der Waals surface area contributed by atoms with E-state index in [0.717, 1.165) is 16.5 Å². The van der Waals surface area contributed by atoms with Gasteiger partial charge >= 0.3 is 0 Å². The zero-order valence-corrected chi connectivity index (χ0v) is 7.07. The molecule has 13 heavy (non-hydrogen) atoms. The van der Waals surface area contributed by atoms with Crippen molar-refractivity contribution in [3.05, 3.63) is 42.6 Å². The third kappa shape index (κ3) is 1.26. The largest absolute Gasteiger partial charge is 0.507 e. The molecule has 0 saturated heterocycles. The third-order valence-corrected chi connectivity index (χ3v) is 1.96. The molecule has 64 valence electrons. The monoisotopic (exact) mass is 171 g/mol. The van der Waals surface area contributed by atoms with Gasteiger partial charge in [-0.25, -0.2) is 0 Å². The maximum Gasteiger partial charge on any atom is 0.124 e. The van der Waals surface area contributed by atoms with Crippen LogP contribution in [0, 0.1) is 0 Å². The lowest BCUT2D eigenvalue weighted by Gasteiger charge is -2.00. The molecule has 0 aliphatic heterocycles. The van der Waals surface area contributed by atoms with Crippen molar-refractivity contribution in [1.82, 2.24) is 4.98 Å². The van der Waals surface area contributed by atoms with Crippen LogP contribution in [0.1, 0.15) is 5.56 Å². The van der Waals surface area contributed by atoms with Gasteiger partial charge in [0.25, 0.3) is 0 Å². The highest BCUT2D eigenvalue weighted by molar-refractivity contribution is 5.86. The van der Waals surface area contributed by atoms with Gasteiger partial charge in [-0.1, -0.05) is 18.7 Å². The van der Waals surface area contributed by atoms with E-state index in [9.17, 15) is 5.11 Å². The molecule has 2 nitrogen and oxygen atoms in total. The van der Waals surface area contributed by atoms with E-state index in [0.29, 0.717) is 0 Å². The van der Waals surface area contributed by atoms with Crippen molar-refractivity contribution in [3.8, 4) is 5.75 Å². The number of rotatable bonds is 1. The minimum absolute atomic E-state index is 0.258. The molecular formula is C11H9NO. The summed E-state index contributed by atoms with van der Waals surface area (Å²) < 4.78 is 0. The highest BCUT2D eigenvalue weighted by Crippen LogP contribution is 2.23. The van der Waals surface area contributed by atoms with Gasteiger partial charge in [-0.05, 0) is 23.8 Å². The van der Waals surface area contributed by atoms with Crippen molar-refractivity contribution in [2.24, 2.45) is 0 Å². The number of phenols is 1. The number of phenolic OH excluding ortho intramolecular Hbond substituents is 1. The molecule has 0 spiro atoms. The predicted molar refractivity (Wildman–Crippen MR) is 53.5 cm³/mol. The van der Waals surface area contributed by atoms with E-state index in [-0.39, 0.29) is 5.75 Å². The summed E-state index contributed by atoms with van der Waals surface area (Å²) in [5.41, 5.74) is 1.71. The van der Waals surface area contributed by atoms with Crippen molar-refractivity contribution in [1.29, 1.82) is 0 Å². The summed E-state index contributed by atoms with van der Waals surface area (Å²) >= 11 is 0. The molecule has 0 saturated carbocycles. The van der Waals surface area contributed by atoms with Crippen LogP contribution in [-0.4, -0.2) is 10.1 Å². The second-order valence-electron chi connectivity index (χ2n) is 2.82. The molecule has 2 rings (SSSR count). The van der Waals surface area contributed by atoms with Crippen LogP contribution < -0.4 is 0 Å². The van der Waals surface area contributed by atoms with Crippen LogP contribution in [0.2, 0.25) is 0 Å². The molecule has 1 heterocycles. The summed E-state index contributed by atoms with van der Waals surface area (Å²) in [6.07, 6.45) is 3.44. The number of hydrogen-bond donors (Lipinski definition) is 1. The average Bonchev–Trinajstić information content (AvgIpc) is 2.18. The lowest BCUT2D eigenvalue weighted by Crippen LogP contribution is -1.80. The fourth-order valence-corrected chi connectivity index (χ4v) is 1.26. The van der Waals surface area contributed by atoms with E-state index in [1.165, 1.54) is 0 Å². The summed E-state index contributed by atoms with van der Waals surface area (Å²) in [7, 11) is 0. The predicted octanol–water partition coefficient (Wildman–Crippen LogP) is 2.58. The van der Waals surface area contributed by atoms with Crippen LogP contribution >= 0.6 is 0 Å². The van der Waals surface area contributed by atoms with E-state index >= 15 is 0 Å². The van der Waals surface area contributed by atoms with Crippen molar-refractivity contribution < 1.29 is 5.11 Å². The van der Waals surface area contributed by atoms with Crippen LogP contribution in [0.15, 0.2) is 37.0 Å². The summed E-state index contributed by atoms with van der Waals surface area (Å²) in [6, 6.07) is 7.15. The molecule has 2 heteroatoms. The Morgan fingerprint density at radius 2 is 2.23 bits per heavy atom. The Hall–Kier alpha value is -1.83. The van der Waals surface area contributed by atoms with Gasteiger partial charge in [-0.15, -0.1) is 0 Å². The molecule has 0 bridgehead atoms. The standard InChI is InChI=1S/C11H9NO/c1-2-8-6-9-10(12-7-8)4-3-5-11(9)13/h2-7,13H,1H2. The van der Waals surface area contributed by atoms with Crippen LogP contribution in [-0.2, 0) is 0 Å². The molecule has 2 aromatic rings. The van der Waals surface area contributed by atoms with Gasteiger partial charge in [0, 0.05) is 11.6 Å². The first-order valence-electron chi connectivity index (χ1n) is 4.01. The highest BCUT2D eigenvalue weighted by atomic mass is 16.3. The molecule has 1 N–H and O–H groups in total. The maximum atomic E-state index is 9.52. The Morgan fingerprint density at radius 1 is 1.38 bits per heavy atom. The Balaban J connectivity index is 2.81. The molecule has 0 amide bonds. The van der Waals surface area contributed by atoms with E-state index in [1.807, 2.05) is 12.1 Å². The Kier molecular flexibility index (Phi) is 1.74. The molecule has 1 aromatic heterocycles. The van der Waals surface area contributed by atoms with Gasteiger partial charge in [-0.2, -0.15) is 0 Å². The molecule has 0 radical (unpaired) electrons. The van der Waals surface area contributed by atoms with Crippen molar-refractivity contribution >= 4 is 17.0 Å². The molecular weight excluding hydrogens is 162 g/mol. The first-order chi connectivity index (χ1) is 6.31. The SMILES string of the molecule is C=Cc1cnc2cccc(O)c2c1. The number of benzene rings is 1. The third-order valence-electron chi connectivity index (χ3n) is 1.96. The van der Waals surface area contributed by atoms with E-state index in [4.69, 9.17) is 0 Å². The number of nitrogens with zero attached hydrogens (tertiary/aromatic N) is 1. The number of pyridine rings is 1. The van der Waals surface area contributed by atoms with Gasteiger partial charge < -0.3 is 5.11 Å². The number of fused-ring (bicyclic) bond motifs is 1. The molecule has 0 fully saturated rings. The van der Waals surface area contributed by atoms with E-state index in [1.54, 1.807) is 24.4 Å². The van der Waals surface area contributed by atoms with Gasteiger partial charge in [0.1, 0.15) is 5.75 Å². The molecule has 0 atom stereocenters. The zero-order chi connectivity index (χ0) is 9.26. The van der Waals surface area contributed by atoms with E-state index in [2.05, 4.69) is 11.6 Å². The Bertz CT molecular complexity index is 463. The minimum Gasteiger partial charge on any atom is -0.507 e. The van der Waals surface area contributed by atoms with Gasteiger partial charge in [0.05, 0.1) is 5.52 Å². The second kappa shape index (κ2) is 2.90. The fraction of sp³-hybridized carbons (Fsp3) is 0. The fourth-order valence-electron chi connectivity index (χ4n) is 1.26. The van der Waals surface area contributed by atoms with Crippen LogP contribution in [0.3, 0.4) is 0 Å². The maximum absolute atomic E-state index is 9.52. The normalized spacial score (nSPS) is 10.2. The smallest absolute Gasteiger partial charge is 0.124 e. The average molecular weight is 171 g/mol. The van der Waals surface area contributed by atoms with Crippen molar-refractivity contribution in [3.63, 3.8) is 0 Å². The van der Waals surface area contributed by atoms with Crippen LogP contribution in [0.4, 0.5) is 0 Å². The second-order valence-corrected chi connectivity index (χ2v) is 2.82. The topological polar surface area (TPSA) is 33.1 Å². The van der Waals surface area contributed by atoms with Crippen molar-refractivity contribution in [2.75, 3.05) is 0 Å². The lowest BCUT2D eigenvalue weighted by atomic mass is 10.1. The number of aromatic nitrogens is 1. The molecule has 1 aromatic carbocycles. The number of hydrogen-bond acceptors (Lipinski definition) is 2. The Labute approximate surface area is 76.2 Å². The van der Waals surface area contributed by atoms with Crippen LogP contribution in [0.25, 0.3) is 17.0 Å². The Morgan fingerprint density at radius 3 is 3.00 bits per heavy atom. The quantitative estimate of drug-likeness (QED) is 0.715. The minimum atomic E-state index is 0.258. The van der Waals surface area contributed by atoms with Crippen LogP contribution in [0.5, 0.6) is 5.75 Å². The molecule has 0 aliphatic rings. The van der Waals surface area contributed by atoms with Gasteiger partial charge in [0.2, 0.25) is 0 Å². The highest BCUT2D eigenvalue weighted by Gasteiger charge is 1.99. The summed E-state index contributed by atoms with van der Waals surface area (Å²) in [4.78, 5) is 4.18. The summed E-state index contributed by atoms with van der Waals surface area (Å²) in [5.74, 6) is 0.258. The summed E-state index contributed by atoms with van der Waals surface area (Å²) in [6.45, 7) is 3.65. The van der Waals surface area contributed by atoms with Crippen molar-refractivity contribution in [2.45, 2.75) is 0 Å². The molecule has 0 aliphatic carbocycles. The first-order valence-corrected chi connectivity index (χ1v) is 4.01. The number of aromatic hydroxyl groups is 1. The first kappa shape index (κ1) is 7.80. The van der Waals surface area contributed by atoms with Gasteiger partial charge in [-0.3, -0.25) is 4.98 Å².